The summed E-state index contributed by atoms with van der Waals surface area (Å²) in [6.45, 7) is 0. The largest absolute Gasteiger partial charge is 0.294 e. The number of rotatable bonds is 3. The molecule has 0 aromatic heterocycles. The monoisotopic (exact) mass is 252 g/mol. The highest BCUT2D eigenvalue weighted by atomic mass is 35.5. The summed E-state index contributed by atoms with van der Waals surface area (Å²) in [6, 6.07) is 11.1. The molecule has 0 fully saturated rings. The Kier molecular flexibility index (Phi) is 3.47. The van der Waals surface area contributed by atoms with E-state index < -0.39 is 0 Å². The van der Waals surface area contributed by atoms with Crippen LogP contribution in [-0.4, -0.2) is 11.7 Å². The molecule has 0 N–H and O–H groups in total. The van der Waals surface area contributed by atoms with Gasteiger partial charge in [0.25, 0.3) is 0 Å². The van der Waals surface area contributed by atoms with Crippen LogP contribution < -0.4 is 0 Å². The van der Waals surface area contributed by atoms with E-state index in [-0.39, 0.29) is 5.78 Å². The number of carbonyl (C=O) groups excluding carboxylic acids is 1. The maximum Gasteiger partial charge on any atom is 0.164 e. The molecule has 2 rings (SSSR count). The maximum atomic E-state index is 11.8. The molecule has 82 valence electrons. The third-order valence-electron chi connectivity index (χ3n) is 2.49. The number of ketones is 1. The van der Waals surface area contributed by atoms with Crippen LogP contribution in [0.1, 0.15) is 16.8 Å². The molecule has 2 aromatic rings. The first-order valence-electron chi connectivity index (χ1n) is 5.00. The van der Waals surface area contributed by atoms with Crippen LogP contribution in [0.2, 0.25) is 5.02 Å². The van der Waals surface area contributed by atoms with Gasteiger partial charge in [-0.15, -0.1) is 11.6 Å². The average Bonchev–Trinajstić information content (AvgIpc) is 2.30. The van der Waals surface area contributed by atoms with Gasteiger partial charge in [-0.1, -0.05) is 35.9 Å². The minimum Gasteiger partial charge on any atom is -0.294 e. The summed E-state index contributed by atoms with van der Waals surface area (Å²) in [5, 5.41) is 2.47. The zero-order valence-electron chi connectivity index (χ0n) is 8.54. The highest BCUT2D eigenvalue weighted by molar-refractivity contribution is 6.36. The second-order valence-electron chi connectivity index (χ2n) is 3.50. The van der Waals surface area contributed by atoms with E-state index >= 15 is 0 Å². The Morgan fingerprint density at radius 3 is 2.44 bits per heavy atom. The molecule has 0 bridgehead atoms. The number of carbonyl (C=O) groups is 1. The molecular weight excluding hydrogens is 243 g/mol. The molecule has 1 nitrogen and oxygen atoms in total. The van der Waals surface area contributed by atoms with Crippen LogP contribution in [-0.2, 0) is 0 Å². The number of Topliss-reactive ketones (excluding diaryl/α,β-unsaturated/α-hetero) is 1. The minimum atomic E-state index is 0.0582. The molecule has 0 radical (unpaired) electrons. The first-order valence-corrected chi connectivity index (χ1v) is 5.91. The number of benzene rings is 2. The van der Waals surface area contributed by atoms with Crippen LogP contribution in [0.25, 0.3) is 10.8 Å². The molecular formula is C13H10Cl2O. The lowest BCUT2D eigenvalue weighted by molar-refractivity contribution is 0.0991. The summed E-state index contributed by atoms with van der Waals surface area (Å²) >= 11 is 11.7. The smallest absolute Gasteiger partial charge is 0.164 e. The normalized spacial score (nSPS) is 10.6. The number of fused-ring (bicyclic) bond motifs is 1. The van der Waals surface area contributed by atoms with Crippen molar-refractivity contribution in [2.24, 2.45) is 0 Å². The van der Waals surface area contributed by atoms with Gasteiger partial charge in [-0.25, -0.2) is 0 Å². The molecule has 0 amide bonds. The van der Waals surface area contributed by atoms with E-state index in [0.717, 1.165) is 10.8 Å². The van der Waals surface area contributed by atoms with Crippen LogP contribution in [0.4, 0.5) is 0 Å². The number of hydrogen-bond donors (Lipinski definition) is 0. The second kappa shape index (κ2) is 4.86. The molecule has 0 spiro atoms. The van der Waals surface area contributed by atoms with E-state index in [2.05, 4.69) is 0 Å². The molecule has 0 aliphatic carbocycles. The molecule has 0 aliphatic rings. The summed E-state index contributed by atoms with van der Waals surface area (Å²) < 4.78 is 0. The van der Waals surface area contributed by atoms with E-state index in [1.54, 1.807) is 12.1 Å². The van der Waals surface area contributed by atoms with Crippen molar-refractivity contribution in [3.05, 3.63) is 47.0 Å². The van der Waals surface area contributed by atoms with E-state index in [1.807, 2.05) is 24.3 Å². The lowest BCUT2D eigenvalue weighted by Gasteiger charge is -2.06. The van der Waals surface area contributed by atoms with Crippen LogP contribution in [0.15, 0.2) is 36.4 Å². The number of hydrogen-bond acceptors (Lipinski definition) is 1. The maximum absolute atomic E-state index is 11.8. The summed E-state index contributed by atoms with van der Waals surface area (Å²) in [5.41, 5.74) is 0.695. The van der Waals surface area contributed by atoms with Gasteiger partial charge in [-0.05, 0) is 17.5 Å². The van der Waals surface area contributed by atoms with Crippen molar-refractivity contribution in [2.45, 2.75) is 6.42 Å². The van der Waals surface area contributed by atoms with E-state index in [0.29, 0.717) is 22.9 Å². The van der Waals surface area contributed by atoms with Crippen LogP contribution in [0, 0.1) is 0 Å². The Morgan fingerprint density at radius 2 is 1.75 bits per heavy atom. The van der Waals surface area contributed by atoms with Gasteiger partial charge >= 0.3 is 0 Å². The third-order valence-corrected chi connectivity index (χ3v) is 3.01. The van der Waals surface area contributed by atoms with Gasteiger partial charge in [0.15, 0.2) is 5.78 Å². The first kappa shape index (κ1) is 11.4. The van der Waals surface area contributed by atoms with Crippen molar-refractivity contribution in [1.82, 2.24) is 0 Å². The lowest BCUT2D eigenvalue weighted by atomic mass is 10.0. The van der Waals surface area contributed by atoms with Gasteiger partial charge in [0.05, 0.1) is 0 Å². The van der Waals surface area contributed by atoms with Gasteiger partial charge in [-0.3, -0.25) is 4.79 Å². The highest BCUT2D eigenvalue weighted by Crippen LogP contribution is 2.27. The summed E-state index contributed by atoms with van der Waals surface area (Å²) in [4.78, 5) is 11.8. The summed E-state index contributed by atoms with van der Waals surface area (Å²) in [7, 11) is 0. The van der Waals surface area contributed by atoms with E-state index in [9.17, 15) is 4.79 Å². The van der Waals surface area contributed by atoms with Crippen molar-refractivity contribution in [1.29, 1.82) is 0 Å². The Hall–Kier alpha value is -1.05. The fourth-order valence-corrected chi connectivity index (χ4v) is 2.13. The van der Waals surface area contributed by atoms with Crippen molar-refractivity contribution >= 4 is 39.8 Å². The Balaban J connectivity index is 2.63. The van der Waals surface area contributed by atoms with Gasteiger partial charge in [-0.2, -0.15) is 0 Å². The van der Waals surface area contributed by atoms with E-state index in [1.165, 1.54) is 0 Å². The SMILES string of the molecule is O=C(CCCl)c1ccc(Cl)c2ccccc12. The fraction of sp³-hybridized carbons (Fsp3) is 0.154. The van der Waals surface area contributed by atoms with Gasteiger partial charge in [0, 0.05) is 28.3 Å². The van der Waals surface area contributed by atoms with Crippen LogP contribution >= 0.6 is 23.2 Å². The van der Waals surface area contributed by atoms with Crippen molar-refractivity contribution in [3.8, 4) is 0 Å². The zero-order chi connectivity index (χ0) is 11.5. The minimum absolute atomic E-state index is 0.0582. The predicted molar refractivity (Wildman–Crippen MR) is 68.6 cm³/mol. The van der Waals surface area contributed by atoms with Crippen LogP contribution in [0.3, 0.4) is 0 Å². The predicted octanol–water partition coefficient (Wildman–Crippen LogP) is 4.30. The number of alkyl halides is 1. The van der Waals surface area contributed by atoms with Crippen molar-refractivity contribution in [2.75, 3.05) is 5.88 Å². The second-order valence-corrected chi connectivity index (χ2v) is 4.29. The standard InChI is InChI=1S/C13H10Cl2O/c14-8-7-13(16)11-5-6-12(15)10-4-2-1-3-9(10)11/h1-6H,7-8H2. The Labute approximate surface area is 104 Å². The average molecular weight is 253 g/mol. The topological polar surface area (TPSA) is 17.1 Å². The van der Waals surface area contributed by atoms with Crippen molar-refractivity contribution < 1.29 is 4.79 Å². The molecule has 0 atom stereocenters. The quantitative estimate of drug-likeness (QED) is 0.588. The molecule has 16 heavy (non-hydrogen) atoms. The van der Waals surface area contributed by atoms with E-state index in [4.69, 9.17) is 23.2 Å². The lowest BCUT2D eigenvalue weighted by Crippen LogP contribution is -2.00. The fourth-order valence-electron chi connectivity index (χ4n) is 1.73. The molecule has 0 heterocycles. The molecule has 0 aliphatic heterocycles. The molecule has 0 saturated carbocycles. The van der Waals surface area contributed by atoms with Crippen molar-refractivity contribution in [3.63, 3.8) is 0 Å². The third kappa shape index (κ3) is 2.06. The van der Waals surface area contributed by atoms with Gasteiger partial charge < -0.3 is 0 Å². The molecule has 0 saturated heterocycles. The zero-order valence-corrected chi connectivity index (χ0v) is 10.1. The van der Waals surface area contributed by atoms with Gasteiger partial charge in [0.2, 0.25) is 0 Å². The summed E-state index contributed by atoms with van der Waals surface area (Å²) in [6.07, 6.45) is 0.354. The van der Waals surface area contributed by atoms with Crippen LogP contribution in [0.5, 0.6) is 0 Å². The van der Waals surface area contributed by atoms with Gasteiger partial charge in [0.1, 0.15) is 0 Å². The molecule has 2 aromatic carbocycles. The molecule has 3 heteroatoms. The number of halogens is 2. The Bertz CT molecular complexity index is 534. The summed E-state index contributed by atoms with van der Waals surface area (Å²) in [5.74, 6) is 0.401. The highest BCUT2D eigenvalue weighted by Gasteiger charge is 2.10. The Morgan fingerprint density at radius 1 is 1.06 bits per heavy atom. The first-order chi connectivity index (χ1) is 7.74. The molecule has 0 unspecified atom stereocenters.